The van der Waals surface area contributed by atoms with E-state index in [1.165, 1.54) is 69.8 Å². The van der Waals surface area contributed by atoms with Crippen LogP contribution < -0.4 is 4.74 Å². The molecule has 0 aliphatic rings. The summed E-state index contributed by atoms with van der Waals surface area (Å²) >= 11 is 5.78. The quantitative estimate of drug-likeness (QED) is 0.334. The van der Waals surface area contributed by atoms with Gasteiger partial charge in [0.05, 0.1) is 7.11 Å². The molecule has 0 aliphatic heterocycles. The molecule has 1 rings (SSSR count). The molecule has 1 aromatic rings. The second-order valence-corrected chi connectivity index (χ2v) is 6.69. The van der Waals surface area contributed by atoms with E-state index in [1.54, 1.807) is 11.5 Å². The highest BCUT2D eigenvalue weighted by molar-refractivity contribution is 6.13. The lowest BCUT2D eigenvalue weighted by atomic mass is 10.0. The first-order valence-corrected chi connectivity index (χ1v) is 9.06. The molecule has 0 heterocycles. The predicted octanol–water partition coefficient (Wildman–Crippen LogP) is 5.83. The second kappa shape index (κ2) is 12.8. The fourth-order valence-corrected chi connectivity index (χ4v) is 2.84. The molecule has 2 nitrogen and oxygen atoms in total. The van der Waals surface area contributed by atoms with Gasteiger partial charge in [-0.1, -0.05) is 57.1 Å². The lowest BCUT2D eigenvalue weighted by Gasteiger charge is -2.06. The van der Waals surface area contributed by atoms with E-state index in [0.29, 0.717) is 0 Å². The van der Waals surface area contributed by atoms with Gasteiger partial charge in [0.2, 0.25) is 0 Å². The maximum absolute atomic E-state index is 5.78. The van der Waals surface area contributed by atoms with Crippen LogP contribution in [-0.4, -0.2) is 25.1 Å². The van der Waals surface area contributed by atoms with Crippen LogP contribution in [0.4, 0.5) is 0 Å². The third-order valence-electron chi connectivity index (χ3n) is 4.07. The maximum atomic E-state index is 5.78. The van der Waals surface area contributed by atoms with Crippen molar-refractivity contribution in [1.29, 1.82) is 0 Å². The molecule has 0 spiro atoms. The topological polar surface area (TPSA) is 12.5 Å². The van der Waals surface area contributed by atoms with E-state index in [-0.39, 0.29) is 0 Å². The zero-order chi connectivity index (χ0) is 16.0. The van der Waals surface area contributed by atoms with Crippen molar-refractivity contribution in [2.75, 3.05) is 20.7 Å². The molecule has 0 fully saturated rings. The van der Waals surface area contributed by atoms with Crippen LogP contribution in [0.15, 0.2) is 24.3 Å². The Balaban J connectivity index is 1.89. The van der Waals surface area contributed by atoms with Crippen LogP contribution in [0.5, 0.6) is 5.75 Å². The lowest BCUT2D eigenvalue weighted by molar-refractivity contribution is 0.414. The van der Waals surface area contributed by atoms with Crippen molar-refractivity contribution in [1.82, 2.24) is 4.42 Å². The number of hydrogen-bond donors (Lipinski definition) is 0. The molecule has 0 saturated carbocycles. The molecule has 0 atom stereocenters. The van der Waals surface area contributed by atoms with Crippen LogP contribution in [0.1, 0.15) is 63.4 Å². The van der Waals surface area contributed by atoms with Crippen molar-refractivity contribution in [3.05, 3.63) is 29.8 Å². The summed E-state index contributed by atoms with van der Waals surface area (Å²) in [5.41, 5.74) is 1.39. The first-order valence-electron chi connectivity index (χ1n) is 8.72. The predicted molar refractivity (Wildman–Crippen MR) is 96.7 cm³/mol. The summed E-state index contributed by atoms with van der Waals surface area (Å²) in [5.74, 6) is 0.970. The van der Waals surface area contributed by atoms with E-state index in [4.69, 9.17) is 16.5 Å². The molecule has 0 amide bonds. The van der Waals surface area contributed by atoms with Gasteiger partial charge in [-0.2, -0.15) is 0 Å². The maximum Gasteiger partial charge on any atom is 0.119 e. The van der Waals surface area contributed by atoms with Gasteiger partial charge in [-0.05, 0) is 48.7 Å². The van der Waals surface area contributed by atoms with Crippen molar-refractivity contribution in [2.24, 2.45) is 0 Å². The summed E-state index contributed by atoms with van der Waals surface area (Å²) in [6, 6.07) is 8.43. The number of hydrogen-bond acceptors (Lipinski definition) is 2. The van der Waals surface area contributed by atoms with Crippen LogP contribution in [0.3, 0.4) is 0 Å². The minimum absolute atomic E-state index is 0.970. The fourth-order valence-electron chi connectivity index (χ4n) is 2.72. The van der Waals surface area contributed by atoms with Gasteiger partial charge in [-0.15, -0.1) is 0 Å². The Hall–Kier alpha value is -0.730. The second-order valence-electron chi connectivity index (χ2n) is 6.11. The van der Waals surface area contributed by atoms with Gasteiger partial charge in [0.25, 0.3) is 0 Å². The Morgan fingerprint density at radius 2 is 1.50 bits per heavy atom. The largest absolute Gasteiger partial charge is 0.497 e. The van der Waals surface area contributed by atoms with Crippen LogP contribution in [0, 0.1) is 0 Å². The highest BCUT2D eigenvalue weighted by Gasteiger charge is 1.97. The minimum atomic E-state index is 0.970. The van der Waals surface area contributed by atoms with Gasteiger partial charge in [0.15, 0.2) is 0 Å². The fraction of sp³-hybridized carbons (Fsp3) is 0.684. The molecule has 0 saturated heterocycles. The first-order chi connectivity index (χ1) is 10.7. The monoisotopic (exact) mass is 325 g/mol. The Labute approximate surface area is 141 Å². The SMILES string of the molecule is COc1cccc(CCCCCCCCCCCN(C)Cl)c1. The van der Waals surface area contributed by atoms with Gasteiger partial charge in [0, 0.05) is 13.6 Å². The summed E-state index contributed by atoms with van der Waals surface area (Å²) in [6.45, 7) is 1.01. The molecule has 126 valence electrons. The highest BCUT2D eigenvalue weighted by atomic mass is 35.5. The Morgan fingerprint density at radius 3 is 2.09 bits per heavy atom. The third kappa shape index (κ3) is 10.1. The highest BCUT2D eigenvalue weighted by Crippen LogP contribution is 2.16. The van der Waals surface area contributed by atoms with Crippen LogP contribution >= 0.6 is 11.8 Å². The number of aryl methyl sites for hydroxylation is 1. The van der Waals surface area contributed by atoms with E-state index < -0.39 is 0 Å². The third-order valence-corrected chi connectivity index (χ3v) is 4.23. The summed E-state index contributed by atoms with van der Waals surface area (Å²) in [4.78, 5) is 0. The summed E-state index contributed by atoms with van der Waals surface area (Å²) in [7, 11) is 3.65. The van der Waals surface area contributed by atoms with Crippen LogP contribution in [-0.2, 0) is 6.42 Å². The van der Waals surface area contributed by atoms with Gasteiger partial charge >= 0.3 is 0 Å². The zero-order valence-corrected chi connectivity index (χ0v) is 15.1. The number of halogens is 1. The summed E-state index contributed by atoms with van der Waals surface area (Å²) in [5, 5.41) is 0. The number of unbranched alkanes of at least 4 members (excludes halogenated alkanes) is 8. The number of nitrogens with zero attached hydrogens (tertiary/aromatic N) is 1. The minimum Gasteiger partial charge on any atom is -0.497 e. The number of ether oxygens (including phenoxy) is 1. The standard InChI is InChI=1S/C19H32ClNO/c1-21(20)16-11-9-7-5-3-4-6-8-10-13-18-14-12-15-19(17-18)22-2/h12,14-15,17H,3-11,13,16H2,1-2H3. The van der Waals surface area contributed by atoms with Gasteiger partial charge in [0.1, 0.15) is 5.75 Å². The van der Waals surface area contributed by atoms with Crippen molar-refractivity contribution in [3.8, 4) is 5.75 Å². The molecule has 0 radical (unpaired) electrons. The van der Waals surface area contributed by atoms with E-state index in [0.717, 1.165) is 12.3 Å². The molecule has 0 bridgehead atoms. The van der Waals surface area contributed by atoms with Crippen LogP contribution in [0.25, 0.3) is 0 Å². The van der Waals surface area contributed by atoms with Crippen molar-refractivity contribution in [3.63, 3.8) is 0 Å². The number of rotatable bonds is 13. The Morgan fingerprint density at radius 1 is 0.909 bits per heavy atom. The average Bonchev–Trinajstić information content (AvgIpc) is 2.52. The molecule has 3 heteroatoms. The lowest BCUT2D eigenvalue weighted by Crippen LogP contribution is -2.05. The molecular formula is C19H32ClNO. The van der Waals surface area contributed by atoms with Gasteiger partial charge < -0.3 is 4.74 Å². The van der Waals surface area contributed by atoms with E-state index in [1.807, 2.05) is 13.1 Å². The van der Waals surface area contributed by atoms with Crippen LogP contribution in [0.2, 0.25) is 0 Å². The van der Waals surface area contributed by atoms with Crippen molar-refractivity contribution >= 4 is 11.8 Å². The molecule has 0 aromatic heterocycles. The smallest absolute Gasteiger partial charge is 0.119 e. The molecule has 22 heavy (non-hydrogen) atoms. The number of benzene rings is 1. The molecular weight excluding hydrogens is 294 g/mol. The van der Waals surface area contributed by atoms with Crippen molar-refractivity contribution in [2.45, 2.75) is 64.2 Å². The average molecular weight is 326 g/mol. The van der Waals surface area contributed by atoms with Gasteiger partial charge in [-0.25, -0.2) is 4.42 Å². The van der Waals surface area contributed by atoms with E-state index in [9.17, 15) is 0 Å². The zero-order valence-electron chi connectivity index (χ0n) is 14.3. The van der Waals surface area contributed by atoms with Gasteiger partial charge in [-0.3, -0.25) is 0 Å². The first kappa shape index (κ1) is 19.3. The van der Waals surface area contributed by atoms with E-state index >= 15 is 0 Å². The summed E-state index contributed by atoms with van der Waals surface area (Å²) in [6.07, 6.45) is 13.2. The molecule has 0 unspecified atom stereocenters. The van der Waals surface area contributed by atoms with Crippen molar-refractivity contribution < 1.29 is 4.74 Å². The molecule has 0 N–H and O–H groups in total. The Kier molecular flexibility index (Phi) is 11.2. The molecule has 0 aliphatic carbocycles. The normalized spacial score (nSPS) is 11.1. The molecule has 1 aromatic carbocycles. The van der Waals surface area contributed by atoms with E-state index in [2.05, 4.69) is 18.2 Å². The Bertz CT molecular complexity index is 381. The summed E-state index contributed by atoms with van der Waals surface area (Å²) < 4.78 is 7.01. The number of methoxy groups -OCH3 is 1.